The Labute approximate surface area is 150 Å². The van der Waals surface area contributed by atoms with Gasteiger partial charge in [0.1, 0.15) is 0 Å². The van der Waals surface area contributed by atoms with Crippen molar-refractivity contribution in [2.75, 3.05) is 19.7 Å². The zero-order valence-corrected chi connectivity index (χ0v) is 15.8. The van der Waals surface area contributed by atoms with Gasteiger partial charge in [0.2, 0.25) is 5.91 Å². The molecule has 0 unspecified atom stereocenters. The lowest BCUT2D eigenvalue weighted by Gasteiger charge is -2.39. The molecule has 140 valence electrons. The molecule has 2 atom stereocenters. The van der Waals surface area contributed by atoms with Crippen molar-refractivity contribution < 1.29 is 9.90 Å². The third kappa shape index (κ3) is 4.06. The lowest BCUT2D eigenvalue weighted by atomic mass is 9.89. The van der Waals surface area contributed by atoms with Crippen LogP contribution in [0.5, 0.6) is 0 Å². The number of nitrogens with zero attached hydrogens (tertiary/aromatic N) is 3. The van der Waals surface area contributed by atoms with E-state index < -0.39 is 0 Å². The lowest BCUT2D eigenvalue weighted by molar-refractivity contribution is -0.134. The summed E-state index contributed by atoms with van der Waals surface area (Å²) in [7, 11) is 0. The average Bonchev–Trinajstić information content (AvgIpc) is 3.42. The van der Waals surface area contributed by atoms with Crippen LogP contribution in [0.1, 0.15) is 49.6 Å². The minimum atomic E-state index is 0.111. The fourth-order valence-corrected chi connectivity index (χ4v) is 4.04. The van der Waals surface area contributed by atoms with Crippen molar-refractivity contribution in [2.45, 2.75) is 65.6 Å². The Kier molecular flexibility index (Phi) is 5.79. The molecule has 0 aromatic carbocycles. The molecule has 6 nitrogen and oxygen atoms in total. The molecule has 2 aliphatic rings. The zero-order valence-electron chi connectivity index (χ0n) is 15.8. The highest BCUT2D eigenvalue weighted by Crippen LogP contribution is 2.33. The Bertz CT molecular complexity index is 609. The summed E-state index contributed by atoms with van der Waals surface area (Å²) in [5.74, 6) is 1.23. The van der Waals surface area contributed by atoms with Gasteiger partial charge in [0.25, 0.3) is 0 Å². The molecule has 1 aliphatic carbocycles. The summed E-state index contributed by atoms with van der Waals surface area (Å²) in [6.45, 7) is 9.57. The Balaban J connectivity index is 1.58. The highest BCUT2D eigenvalue weighted by molar-refractivity contribution is 5.81. The number of aliphatic hydroxyl groups is 1. The van der Waals surface area contributed by atoms with E-state index in [1.54, 1.807) is 0 Å². The third-order valence-corrected chi connectivity index (χ3v) is 5.88. The fourth-order valence-electron chi connectivity index (χ4n) is 4.04. The summed E-state index contributed by atoms with van der Waals surface area (Å²) >= 11 is 0. The number of aliphatic hydroxyl groups excluding tert-OH is 1. The molecule has 1 aromatic rings. The molecule has 1 aliphatic heterocycles. The molecule has 6 heteroatoms. The minimum Gasteiger partial charge on any atom is -0.394 e. The number of nitrogens with one attached hydrogen (secondary N) is 1. The van der Waals surface area contributed by atoms with E-state index in [9.17, 15) is 4.79 Å². The van der Waals surface area contributed by atoms with E-state index in [0.717, 1.165) is 56.7 Å². The maximum atomic E-state index is 12.3. The quantitative estimate of drug-likeness (QED) is 0.786. The highest BCUT2D eigenvalue weighted by Gasteiger charge is 2.37. The molecular formula is C19H32N4O2. The van der Waals surface area contributed by atoms with Crippen molar-refractivity contribution in [2.24, 2.45) is 11.8 Å². The molecule has 25 heavy (non-hydrogen) atoms. The summed E-state index contributed by atoms with van der Waals surface area (Å²) in [5, 5.41) is 17.4. The van der Waals surface area contributed by atoms with E-state index in [0.29, 0.717) is 30.3 Å². The topological polar surface area (TPSA) is 70.4 Å². The number of piperidine rings is 1. The molecule has 2 N–H and O–H groups in total. The number of likely N-dealkylation sites (tertiary alicyclic amines) is 1. The van der Waals surface area contributed by atoms with Gasteiger partial charge >= 0.3 is 0 Å². The maximum absolute atomic E-state index is 12.3. The van der Waals surface area contributed by atoms with Crippen LogP contribution < -0.4 is 5.32 Å². The smallest absolute Gasteiger partial charge is 0.225 e. The van der Waals surface area contributed by atoms with Crippen molar-refractivity contribution in [3.8, 4) is 0 Å². The van der Waals surface area contributed by atoms with E-state index in [4.69, 9.17) is 5.11 Å². The largest absolute Gasteiger partial charge is 0.394 e. The second-order valence-corrected chi connectivity index (χ2v) is 7.60. The number of rotatable bonds is 7. The summed E-state index contributed by atoms with van der Waals surface area (Å²) in [5.41, 5.74) is 3.40. The van der Waals surface area contributed by atoms with Gasteiger partial charge in [-0.05, 0) is 39.0 Å². The second kappa shape index (κ2) is 7.87. The predicted molar refractivity (Wildman–Crippen MR) is 97.1 cm³/mol. The highest BCUT2D eigenvalue weighted by atomic mass is 16.3. The van der Waals surface area contributed by atoms with Crippen LogP contribution in [0.4, 0.5) is 0 Å². The second-order valence-electron chi connectivity index (χ2n) is 7.60. The summed E-state index contributed by atoms with van der Waals surface area (Å²) < 4.78 is 1.89. The van der Waals surface area contributed by atoms with E-state index >= 15 is 0 Å². The van der Waals surface area contributed by atoms with E-state index in [1.165, 1.54) is 5.56 Å². The molecule has 2 fully saturated rings. The van der Waals surface area contributed by atoms with Crippen molar-refractivity contribution in [1.29, 1.82) is 0 Å². The molecule has 2 heterocycles. The van der Waals surface area contributed by atoms with Gasteiger partial charge in [-0.25, -0.2) is 0 Å². The Morgan fingerprint density at radius 1 is 1.32 bits per heavy atom. The van der Waals surface area contributed by atoms with Gasteiger partial charge in [0.05, 0.1) is 18.8 Å². The monoisotopic (exact) mass is 348 g/mol. The van der Waals surface area contributed by atoms with Crippen LogP contribution >= 0.6 is 0 Å². The van der Waals surface area contributed by atoms with Crippen molar-refractivity contribution >= 4 is 5.91 Å². The minimum absolute atomic E-state index is 0.111. The Morgan fingerprint density at radius 3 is 2.72 bits per heavy atom. The van der Waals surface area contributed by atoms with Crippen molar-refractivity contribution in [3.05, 3.63) is 17.0 Å². The summed E-state index contributed by atoms with van der Waals surface area (Å²) in [6.07, 6.45) is 4.29. The molecule has 0 bridgehead atoms. The summed E-state index contributed by atoms with van der Waals surface area (Å²) in [6, 6.07) is 0.452. The summed E-state index contributed by atoms with van der Waals surface area (Å²) in [4.78, 5) is 14.4. The molecule has 1 aromatic heterocycles. The molecule has 1 saturated carbocycles. The molecular weight excluding hydrogens is 316 g/mol. The number of carbonyl (C=O) groups is 1. The van der Waals surface area contributed by atoms with Crippen molar-refractivity contribution in [1.82, 2.24) is 20.0 Å². The van der Waals surface area contributed by atoms with Crippen LogP contribution in [0.15, 0.2) is 0 Å². The molecule has 1 amide bonds. The molecule has 0 radical (unpaired) electrons. The predicted octanol–water partition coefficient (Wildman–Crippen LogP) is 1.62. The number of amides is 1. The number of hydrogen-bond acceptors (Lipinski definition) is 4. The van der Waals surface area contributed by atoms with Gasteiger partial charge < -0.3 is 15.3 Å². The van der Waals surface area contributed by atoms with Crippen LogP contribution in [-0.2, 0) is 17.9 Å². The zero-order chi connectivity index (χ0) is 18.0. The first-order chi connectivity index (χ1) is 12.0. The number of aryl methyl sites for hydroxylation is 1. The third-order valence-electron chi connectivity index (χ3n) is 5.88. The van der Waals surface area contributed by atoms with E-state index in [-0.39, 0.29) is 6.61 Å². The van der Waals surface area contributed by atoms with Crippen LogP contribution in [0.3, 0.4) is 0 Å². The van der Waals surface area contributed by atoms with Gasteiger partial charge in [0.15, 0.2) is 0 Å². The van der Waals surface area contributed by atoms with Crippen LogP contribution in [0.2, 0.25) is 0 Å². The van der Waals surface area contributed by atoms with Crippen LogP contribution in [-0.4, -0.2) is 51.4 Å². The van der Waals surface area contributed by atoms with Crippen LogP contribution in [0.25, 0.3) is 0 Å². The van der Waals surface area contributed by atoms with E-state index in [2.05, 4.69) is 29.2 Å². The number of hydrogen-bond donors (Lipinski definition) is 2. The van der Waals surface area contributed by atoms with Gasteiger partial charge in [-0.3, -0.25) is 9.48 Å². The molecule has 0 spiro atoms. The van der Waals surface area contributed by atoms with Gasteiger partial charge in [-0.1, -0.05) is 13.3 Å². The molecule has 1 saturated heterocycles. The van der Waals surface area contributed by atoms with Gasteiger partial charge in [0, 0.05) is 42.9 Å². The Morgan fingerprint density at radius 2 is 2.08 bits per heavy atom. The van der Waals surface area contributed by atoms with Crippen molar-refractivity contribution in [3.63, 3.8) is 0 Å². The average molecular weight is 348 g/mol. The Hall–Kier alpha value is -1.40. The standard InChI is InChI=1S/C19H32N4O2/c1-4-15-12-22(19(25)16-5-6-16)8-7-18(15)20-11-17-13(2)21-23(9-10-24)14(17)3/h15-16,18,20,24H,4-12H2,1-3H3/t15-,18-/m1/s1. The first-order valence-corrected chi connectivity index (χ1v) is 9.71. The SMILES string of the molecule is CC[C@@H]1CN(C(=O)C2CC2)CC[C@H]1NCc1c(C)nn(CCO)c1C. The van der Waals surface area contributed by atoms with E-state index in [1.807, 2.05) is 11.6 Å². The maximum Gasteiger partial charge on any atom is 0.225 e. The normalized spacial score (nSPS) is 23.9. The van der Waals surface area contributed by atoms with Crippen LogP contribution in [0, 0.1) is 25.7 Å². The fraction of sp³-hybridized carbons (Fsp3) is 0.789. The van der Waals surface area contributed by atoms with Gasteiger partial charge in [-0.15, -0.1) is 0 Å². The first-order valence-electron chi connectivity index (χ1n) is 9.71. The number of carbonyl (C=O) groups excluding carboxylic acids is 1. The first kappa shape index (κ1) is 18.4. The lowest BCUT2D eigenvalue weighted by Crippen LogP contribution is -2.51. The molecule has 3 rings (SSSR count). The number of aromatic nitrogens is 2. The van der Waals surface area contributed by atoms with Gasteiger partial charge in [-0.2, -0.15) is 5.10 Å².